The van der Waals surface area contributed by atoms with Crippen molar-refractivity contribution in [3.05, 3.63) is 6.07 Å². The van der Waals surface area contributed by atoms with Gasteiger partial charge in [0, 0.05) is 0 Å². The Balaban J connectivity index is 3.47. The number of hydrogen-bond donors (Lipinski definition) is 0. The van der Waals surface area contributed by atoms with Gasteiger partial charge in [-0.25, -0.2) is 0 Å². The maximum Gasteiger partial charge on any atom is 0.0838 e. The fraction of sp³-hybridized carbons (Fsp3) is 0. The highest BCUT2D eigenvalue weighted by molar-refractivity contribution is 8.00. The summed E-state index contributed by atoms with van der Waals surface area (Å²) in [6, 6.07) is 0.929. The molecule has 0 N–H and O–H groups in total. The average molecular weight is 328 g/mol. The third kappa shape index (κ3) is 2.89. The first-order valence-corrected chi connectivity index (χ1v) is 6.95. The zero-order valence-corrected chi connectivity index (χ0v) is 11.1. The molecule has 0 radical (unpaired) electrons. The molecular weight excluding hydrogens is 327 g/mol. The summed E-state index contributed by atoms with van der Waals surface area (Å²) in [5.74, 6) is 0. The van der Waals surface area contributed by atoms with Crippen LogP contribution in [0.5, 0.6) is 0 Å². The first-order chi connectivity index (χ1) is 7.73. The molecule has 1 aromatic carbocycles. The van der Waals surface area contributed by atoms with Crippen LogP contribution in [0, 0.1) is 0 Å². The summed E-state index contributed by atoms with van der Waals surface area (Å²) in [6.45, 7) is 0. The van der Waals surface area contributed by atoms with Gasteiger partial charge in [0.25, 0.3) is 0 Å². The summed E-state index contributed by atoms with van der Waals surface area (Å²) in [7, 11) is 0. The largest absolute Gasteiger partial charge is 0.160 e. The highest BCUT2D eigenvalue weighted by Crippen LogP contribution is 2.49. The van der Waals surface area contributed by atoms with Crippen LogP contribution in [0.15, 0.2) is 30.5 Å². The number of hydrogen-bond acceptors (Lipinski definition) is 5. The van der Waals surface area contributed by atoms with Crippen LogP contribution in [0.4, 0.5) is 19.4 Å². The second-order valence-corrected chi connectivity index (χ2v) is 5.12. The normalized spacial score (nSPS) is 10.8. The Bertz CT molecular complexity index is 343. The van der Waals surface area contributed by atoms with E-state index in [-0.39, 0.29) is 34.1 Å². The maximum absolute atomic E-state index is 12.5. The van der Waals surface area contributed by atoms with Crippen molar-refractivity contribution in [1.82, 2.24) is 0 Å². The summed E-state index contributed by atoms with van der Waals surface area (Å²) in [5.41, 5.74) is 0. The highest BCUT2D eigenvalue weighted by Gasteiger charge is 2.22. The Morgan fingerprint density at radius 3 is 1.19 bits per heavy atom. The molecule has 90 valence electrons. The molecule has 0 atom stereocenters. The van der Waals surface area contributed by atoms with Crippen molar-refractivity contribution in [2.24, 2.45) is 0 Å². The van der Waals surface area contributed by atoms with Crippen LogP contribution in [-0.2, 0) is 0 Å². The first-order valence-electron chi connectivity index (χ1n) is 3.37. The number of benzene rings is 1. The van der Waals surface area contributed by atoms with E-state index in [0.717, 1.165) is 6.07 Å². The van der Waals surface area contributed by atoms with Crippen molar-refractivity contribution < 1.29 is 19.4 Å². The van der Waals surface area contributed by atoms with E-state index in [1.165, 1.54) is 0 Å². The lowest BCUT2D eigenvalue weighted by molar-refractivity contribution is 0.828. The van der Waals surface area contributed by atoms with Gasteiger partial charge in [-0.3, -0.25) is 0 Å². The van der Waals surface area contributed by atoms with Gasteiger partial charge < -0.3 is 0 Å². The van der Waals surface area contributed by atoms with Crippen molar-refractivity contribution in [2.45, 2.75) is 24.5 Å². The summed E-state index contributed by atoms with van der Waals surface area (Å²) in [6.07, 6.45) is 0. The lowest BCUT2D eigenvalue weighted by Gasteiger charge is -2.10. The molecule has 0 spiro atoms. The molecule has 0 saturated carbocycles. The Morgan fingerprint density at radius 2 is 0.938 bits per heavy atom. The van der Waals surface area contributed by atoms with E-state index in [2.05, 4.69) is 0 Å². The Morgan fingerprint density at radius 1 is 0.562 bits per heavy atom. The van der Waals surface area contributed by atoms with Gasteiger partial charge in [0.2, 0.25) is 0 Å². The third-order valence-electron chi connectivity index (χ3n) is 1.52. The van der Waals surface area contributed by atoms with Crippen molar-refractivity contribution in [3.63, 3.8) is 0 Å². The summed E-state index contributed by atoms with van der Waals surface area (Å²) < 4.78 is 62.4. The molecule has 1 aromatic rings. The monoisotopic (exact) mass is 328 g/mol. The Hall–Kier alpha value is 0.620. The van der Waals surface area contributed by atoms with Gasteiger partial charge in [0.15, 0.2) is 0 Å². The standard InChI is InChI=1S/C6HF5S5/c7-12-2-1-3(13-8)5(15-10)6(16-11)4(2)14-9/h1H. The smallest absolute Gasteiger partial charge is 0.0838 e. The Kier molecular flexibility index (Phi) is 6.55. The van der Waals surface area contributed by atoms with E-state index in [9.17, 15) is 19.4 Å². The summed E-state index contributed by atoms with van der Waals surface area (Å²) in [5, 5.41) is 0. The van der Waals surface area contributed by atoms with Gasteiger partial charge in [-0.2, -0.15) is 19.4 Å². The fourth-order valence-electron chi connectivity index (χ4n) is 0.908. The second kappa shape index (κ2) is 7.14. The molecule has 0 nitrogen and oxygen atoms in total. The zero-order chi connectivity index (χ0) is 12.1. The minimum atomic E-state index is -0.456. The molecule has 10 heteroatoms. The molecule has 16 heavy (non-hydrogen) atoms. The van der Waals surface area contributed by atoms with Gasteiger partial charge in [-0.1, -0.05) is 0 Å². The molecule has 0 aliphatic rings. The van der Waals surface area contributed by atoms with E-state index < -0.39 is 51.1 Å². The molecule has 0 aromatic heterocycles. The van der Waals surface area contributed by atoms with Crippen LogP contribution >= 0.6 is 60.7 Å². The van der Waals surface area contributed by atoms with Gasteiger partial charge in [-0.15, -0.1) is 0 Å². The number of halogens is 5. The molecule has 0 heterocycles. The highest BCUT2D eigenvalue weighted by atomic mass is 32.2. The fourth-order valence-corrected chi connectivity index (χ4v) is 3.58. The Labute approximate surface area is 110 Å². The van der Waals surface area contributed by atoms with Gasteiger partial charge in [0.1, 0.15) is 0 Å². The molecule has 1 rings (SSSR count). The van der Waals surface area contributed by atoms with E-state index in [1.807, 2.05) is 0 Å². The maximum atomic E-state index is 12.5. The molecule has 0 amide bonds. The minimum Gasteiger partial charge on any atom is -0.160 e. The molecule has 0 unspecified atom stereocenters. The number of rotatable bonds is 5. The first kappa shape index (κ1) is 14.7. The third-order valence-corrected chi connectivity index (χ3v) is 4.73. The topological polar surface area (TPSA) is 0 Å². The summed E-state index contributed by atoms with van der Waals surface area (Å²) >= 11 is -1.99. The van der Waals surface area contributed by atoms with Crippen LogP contribution in [0.2, 0.25) is 0 Å². The predicted octanol–water partition coefficient (Wildman–Crippen LogP) is 6.57. The summed E-state index contributed by atoms with van der Waals surface area (Å²) in [4.78, 5) is -1.81. The van der Waals surface area contributed by atoms with Gasteiger partial charge in [0.05, 0.1) is 85.2 Å². The van der Waals surface area contributed by atoms with Crippen LogP contribution in [0.1, 0.15) is 0 Å². The molecule has 0 saturated heterocycles. The van der Waals surface area contributed by atoms with Crippen LogP contribution in [0.3, 0.4) is 0 Å². The van der Waals surface area contributed by atoms with Crippen molar-refractivity contribution >= 4 is 60.7 Å². The zero-order valence-electron chi connectivity index (χ0n) is 7.01. The van der Waals surface area contributed by atoms with Crippen molar-refractivity contribution in [2.75, 3.05) is 0 Å². The van der Waals surface area contributed by atoms with E-state index >= 15 is 0 Å². The van der Waals surface area contributed by atoms with Crippen LogP contribution in [-0.4, -0.2) is 0 Å². The van der Waals surface area contributed by atoms with Gasteiger partial charge in [-0.05, 0) is 6.07 Å². The SMILES string of the molecule is FSc1cc(SF)c(SF)c(SF)c1SF. The quantitative estimate of drug-likeness (QED) is 0.559. The van der Waals surface area contributed by atoms with Crippen LogP contribution in [0.25, 0.3) is 0 Å². The van der Waals surface area contributed by atoms with Crippen molar-refractivity contribution in [3.8, 4) is 0 Å². The second-order valence-electron chi connectivity index (χ2n) is 2.25. The lowest BCUT2D eigenvalue weighted by atomic mass is 10.3. The van der Waals surface area contributed by atoms with E-state index in [4.69, 9.17) is 0 Å². The molecule has 0 fully saturated rings. The minimum absolute atomic E-state index is 0.286. The average Bonchev–Trinajstić information content (AvgIpc) is 2.35. The lowest BCUT2D eigenvalue weighted by Crippen LogP contribution is -1.87. The van der Waals surface area contributed by atoms with Gasteiger partial charge >= 0.3 is 0 Å². The molecular formula is C6HF5S5. The molecule has 0 bridgehead atoms. The van der Waals surface area contributed by atoms with E-state index in [0.29, 0.717) is 0 Å². The predicted molar refractivity (Wildman–Crippen MR) is 61.3 cm³/mol. The van der Waals surface area contributed by atoms with Crippen molar-refractivity contribution in [1.29, 1.82) is 0 Å². The van der Waals surface area contributed by atoms with E-state index in [1.54, 1.807) is 0 Å². The molecule has 0 aliphatic heterocycles. The molecule has 0 aliphatic carbocycles. The van der Waals surface area contributed by atoms with Crippen LogP contribution < -0.4 is 0 Å².